The van der Waals surface area contributed by atoms with Crippen molar-refractivity contribution < 1.29 is 73.2 Å². The molecule has 0 aliphatic carbocycles. The highest BCUT2D eigenvalue weighted by Crippen LogP contribution is 2.22. The second kappa shape index (κ2) is 24.8. The number of carbonyl (C=O) groups excluding carboxylic acids is 8. The number of aliphatic hydroxyl groups is 1. The third kappa shape index (κ3) is 15.7. The highest BCUT2D eigenvalue weighted by molar-refractivity contribution is 7.80. The molecule has 0 spiro atoms. The molecule has 8 amide bonds. The smallest absolute Gasteiger partial charge is 0.322 e. The molecule has 0 aromatic carbocycles. The Hall–Kier alpha value is -5.56. The first-order valence-electron chi connectivity index (χ1n) is 20.1. The number of aliphatic hydroxyl groups excluding tert-OH is 1. The van der Waals surface area contributed by atoms with Crippen molar-refractivity contribution in [3.8, 4) is 0 Å². The minimum Gasteiger partial charge on any atom is -0.481 e. The Morgan fingerprint density at radius 3 is 1.55 bits per heavy atom. The summed E-state index contributed by atoms with van der Waals surface area (Å²) >= 11 is 3.90. The molecule has 2 rings (SSSR count). The van der Waals surface area contributed by atoms with E-state index in [4.69, 9.17) is 10.8 Å². The van der Waals surface area contributed by atoms with Gasteiger partial charge in [-0.25, -0.2) is 0 Å². The third-order valence-corrected chi connectivity index (χ3v) is 10.4. The summed E-state index contributed by atoms with van der Waals surface area (Å²) in [6.45, 7) is 5.08. The maximum Gasteiger partial charge on any atom is 0.322 e. The Kier molecular flexibility index (Phi) is 21.0. The van der Waals surface area contributed by atoms with E-state index in [1.165, 1.54) is 4.90 Å². The quantitative estimate of drug-likeness (QED) is 0.0406. The molecule has 25 heteroatoms. The van der Waals surface area contributed by atoms with Crippen molar-refractivity contribution in [3.63, 3.8) is 0 Å². The maximum absolute atomic E-state index is 14.1. The van der Waals surface area contributed by atoms with Crippen molar-refractivity contribution in [1.29, 1.82) is 0 Å². The van der Waals surface area contributed by atoms with Gasteiger partial charge >= 0.3 is 17.9 Å². The summed E-state index contributed by atoms with van der Waals surface area (Å²) in [5, 5.41) is 51.6. The third-order valence-electron chi connectivity index (χ3n) is 10.0. The van der Waals surface area contributed by atoms with Crippen LogP contribution in [0.15, 0.2) is 0 Å². The predicted octanol–water partition coefficient (Wildman–Crippen LogP) is -4.51. The number of carboxylic acid groups (broad SMARTS) is 3. The molecular weight excluding hydrogens is 843 g/mol. The molecule has 0 saturated carbocycles. The van der Waals surface area contributed by atoms with Crippen LogP contribution in [0.25, 0.3) is 0 Å². The molecule has 8 atom stereocenters. The van der Waals surface area contributed by atoms with Gasteiger partial charge in [0, 0.05) is 18.8 Å². The molecule has 2 saturated heterocycles. The van der Waals surface area contributed by atoms with E-state index in [1.807, 2.05) is 5.32 Å². The molecule has 0 radical (unpaired) electrons. The van der Waals surface area contributed by atoms with Crippen molar-refractivity contribution in [2.75, 3.05) is 32.0 Å². The molecule has 0 unspecified atom stereocenters. The van der Waals surface area contributed by atoms with E-state index in [-0.39, 0.29) is 44.0 Å². The Morgan fingerprint density at radius 2 is 1.10 bits per heavy atom. The van der Waals surface area contributed by atoms with Gasteiger partial charge in [-0.2, -0.15) is 12.6 Å². The minimum atomic E-state index is -1.68. The summed E-state index contributed by atoms with van der Waals surface area (Å²) in [6, 6.07) is -11.0. The number of hydrogen-bond acceptors (Lipinski definition) is 14. The highest BCUT2D eigenvalue weighted by atomic mass is 32.1. The van der Waals surface area contributed by atoms with Crippen LogP contribution in [0, 0.1) is 11.8 Å². The number of carbonyl (C=O) groups is 11. The number of rotatable bonds is 24. The lowest BCUT2D eigenvalue weighted by atomic mass is 9.99. The lowest BCUT2D eigenvalue weighted by molar-refractivity contribution is -0.145. The Morgan fingerprint density at radius 1 is 0.629 bits per heavy atom. The molecule has 2 fully saturated rings. The van der Waals surface area contributed by atoms with Gasteiger partial charge in [0.15, 0.2) is 0 Å². The lowest BCUT2D eigenvalue weighted by Gasteiger charge is -2.32. The summed E-state index contributed by atoms with van der Waals surface area (Å²) in [7, 11) is 0. The standard InChI is InChI=1S/C37H59N9O15S/c1-17(2)11-22(36(60)45-9-5-7-24(45)33(57)41-20(12-26(48)49)31(55)39-14-28(52)53)42-35(59)29(18(3)4)44-34(58)25-8-6-10-46(25)37(61)23(15-47)43-32(56)21(13-27(50)51)40-30(54)19(38)16-62/h17-25,29,47,62H,5-16,38H2,1-4H3,(H,39,55)(H,40,54)(H,41,57)(H,42,59)(H,43,56)(H,44,58)(H,48,49)(H,50,51)(H,52,53)/t19-,20-,21-,22-,23-,24-,25-,29-/m0/s1. The molecule has 24 nitrogen and oxygen atoms in total. The monoisotopic (exact) mass is 901 g/mol. The first kappa shape index (κ1) is 52.6. The van der Waals surface area contributed by atoms with Crippen LogP contribution in [0.5, 0.6) is 0 Å². The van der Waals surface area contributed by atoms with Crippen molar-refractivity contribution >= 4 is 77.8 Å². The summed E-state index contributed by atoms with van der Waals surface area (Å²) in [5.74, 6) is -12.2. The van der Waals surface area contributed by atoms with Crippen LogP contribution in [0.1, 0.15) is 72.6 Å². The van der Waals surface area contributed by atoms with E-state index in [0.29, 0.717) is 12.8 Å². The van der Waals surface area contributed by atoms with Crippen LogP contribution < -0.4 is 37.6 Å². The number of amides is 8. The zero-order valence-corrected chi connectivity index (χ0v) is 35.9. The number of nitrogens with zero attached hydrogens (tertiary/aromatic N) is 2. The number of thiol groups is 1. The fraction of sp³-hybridized carbons (Fsp3) is 0.703. The van der Waals surface area contributed by atoms with Crippen LogP contribution in [0.4, 0.5) is 0 Å². The zero-order chi connectivity index (χ0) is 47.0. The number of hydrogen-bond donors (Lipinski definition) is 12. The number of nitrogens with two attached hydrogens (primary N) is 1. The van der Waals surface area contributed by atoms with Crippen LogP contribution in [-0.2, 0) is 52.7 Å². The molecule has 2 aliphatic heterocycles. The van der Waals surface area contributed by atoms with Crippen molar-refractivity contribution in [3.05, 3.63) is 0 Å². The fourth-order valence-corrected chi connectivity index (χ4v) is 7.05. The summed E-state index contributed by atoms with van der Waals surface area (Å²) < 4.78 is 0. The van der Waals surface area contributed by atoms with E-state index >= 15 is 0 Å². The second-order valence-corrected chi connectivity index (χ2v) is 16.1. The van der Waals surface area contributed by atoms with Crippen LogP contribution in [0.3, 0.4) is 0 Å². The average molecular weight is 902 g/mol. The van der Waals surface area contributed by atoms with Crippen LogP contribution in [-0.4, -0.2) is 176 Å². The molecule has 2 heterocycles. The van der Waals surface area contributed by atoms with Gasteiger partial charge in [0.05, 0.1) is 25.5 Å². The van der Waals surface area contributed by atoms with Gasteiger partial charge < -0.3 is 67.9 Å². The topological polar surface area (TPSA) is 373 Å². The number of carboxylic acids is 3. The van der Waals surface area contributed by atoms with Gasteiger partial charge in [-0.05, 0) is 43.9 Å². The van der Waals surface area contributed by atoms with Gasteiger partial charge in [0.2, 0.25) is 47.3 Å². The normalized spacial score (nSPS) is 19.0. The molecule has 12 N–H and O–H groups in total. The highest BCUT2D eigenvalue weighted by Gasteiger charge is 2.42. The van der Waals surface area contributed by atoms with Gasteiger partial charge in [-0.3, -0.25) is 52.7 Å². The van der Waals surface area contributed by atoms with E-state index in [0.717, 1.165) is 4.90 Å². The number of likely N-dealkylation sites (tertiary alicyclic amines) is 2. The van der Waals surface area contributed by atoms with Gasteiger partial charge in [0.25, 0.3) is 0 Å². The molecule has 348 valence electrons. The summed E-state index contributed by atoms with van der Waals surface area (Å²) in [5.41, 5.74) is 5.61. The molecular formula is C37H59N9O15S. The van der Waals surface area contributed by atoms with Gasteiger partial charge in [0.1, 0.15) is 48.8 Å². The minimum absolute atomic E-state index is 0.00747. The molecule has 0 bridgehead atoms. The van der Waals surface area contributed by atoms with E-state index in [2.05, 4.69) is 39.2 Å². The molecule has 0 aromatic rings. The Balaban J connectivity index is 2.23. The Bertz CT molecular complexity index is 1700. The van der Waals surface area contributed by atoms with Crippen LogP contribution in [0.2, 0.25) is 0 Å². The Labute approximate surface area is 362 Å². The summed E-state index contributed by atoms with van der Waals surface area (Å²) in [6.07, 6.45) is -0.770. The second-order valence-electron chi connectivity index (χ2n) is 15.8. The molecule has 62 heavy (non-hydrogen) atoms. The summed E-state index contributed by atoms with van der Waals surface area (Å²) in [4.78, 5) is 143. The van der Waals surface area contributed by atoms with E-state index in [9.17, 15) is 68.1 Å². The van der Waals surface area contributed by atoms with E-state index in [1.54, 1.807) is 27.7 Å². The molecule has 2 aliphatic rings. The zero-order valence-electron chi connectivity index (χ0n) is 35.0. The first-order valence-corrected chi connectivity index (χ1v) is 20.7. The fourth-order valence-electron chi connectivity index (χ4n) is 6.89. The lowest BCUT2D eigenvalue weighted by Crippen LogP contribution is -2.61. The predicted molar refractivity (Wildman–Crippen MR) is 217 cm³/mol. The SMILES string of the molecule is CC(C)C[C@H](NC(=O)[C@@H](NC(=O)[C@@H]1CCCN1C(=O)[C@H](CO)NC(=O)[C@H](CC(=O)O)NC(=O)[C@@H](N)CS)C(C)C)C(=O)N1CCC[C@H]1C(=O)N[C@@H](CC(=O)O)C(=O)NCC(=O)O. The van der Waals surface area contributed by atoms with Crippen molar-refractivity contribution in [2.45, 2.75) is 121 Å². The van der Waals surface area contributed by atoms with Crippen molar-refractivity contribution in [1.82, 2.24) is 41.7 Å². The largest absolute Gasteiger partial charge is 0.481 e. The van der Waals surface area contributed by atoms with Gasteiger partial charge in [-0.1, -0.05) is 27.7 Å². The van der Waals surface area contributed by atoms with Gasteiger partial charge in [-0.15, -0.1) is 0 Å². The maximum atomic E-state index is 14.1. The van der Waals surface area contributed by atoms with Crippen LogP contribution >= 0.6 is 12.6 Å². The average Bonchev–Trinajstić information content (AvgIpc) is 3.90. The number of nitrogens with one attached hydrogen (secondary N) is 6. The number of aliphatic carboxylic acids is 3. The molecule has 0 aromatic heterocycles. The first-order chi connectivity index (χ1) is 29.0. The van der Waals surface area contributed by atoms with Crippen molar-refractivity contribution in [2.24, 2.45) is 17.6 Å². The van der Waals surface area contributed by atoms with E-state index < -0.39 is 145 Å².